The second-order valence-corrected chi connectivity index (χ2v) is 4.72. The topological polar surface area (TPSA) is 70.9 Å². The van der Waals surface area contributed by atoms with Gasteiger partial charge in [0.1, 0.15) is 0 Å². The average Bonchev–Trinajstić information content (AvgIpc) is 2.71. The summed E-state index contributed by atoms with van der Waals surface area (Å²) in [5, 5.41) is 3.90. The van der Waals surface area contributed by atoms with Crippen LogP contribution < -0.4 is 11.1 Å². The van der Waals surface area contributed by atoms with Crippen molar-refractivity contribution in [2.24, 2.45) is 11.7 Å². The van der Waals surface area contributed by atoms with Crippen molar-refractivity contribution in [3.8, 4) is 0 Å². The Bertz CT molecular complexity index is 559. The number of benzene rings is 1. The molecule has 1 amide bonds. The van der Waals surface area contributed by atoms with Gasteiger partial charge < -0.3 is 16.0 Å². The van der Waals surface area contributed by atoms with Crippen LogP contribution in [0.4, 0.5) is 0 Å². The number of amides is 1. The molecular weight excluding hydrogens is 226 g/mol. The molecule has 96 valence electrons. The number of aryl methyl sites for hydroxylation is 1. The Morgan fingerprint density at radius 2 is 2.17 bits per heavy atom. The van der Waals surface area contributed by atoms with Crippen LogP contribution in [-0.2, 0) is 0 Å². The highest BCUT2D eigenvalue weighted by molar-refractivity contribution is 6.08. The van der Waals surface area contributed by atoms with E-state index in [9.17, 15) is 4.79 Å². The van der Waals surface area contributed by atoms with Crippen molar-refractivity contribution in [1.29, 1.82) is 0 Å². The Labute approximate surface area is 107 Å². The largest absolute Gasteiger partial charge is 0.358 e. The molecule has 1 aromatic heterocycles. The Hall–Kier alpha value is -1.81. The molecule has 0 radical (unpaired) electrons. The molecule has 1 aromatic carbocycles. The van der Waals surface area contributed by atoms with Crippen LogP contribution in [0, 0.1) is 12.8 Å². The van der Waals surface area contributed by atoms with E-state index in [1.807, 2.05) is 38.1 Å². The first-order valence-corrected chi connectivity index (χ1v) is 6.19. The van der Waals surface area contributed by atoms with Crippen molar-refractivity contribution in [3.63, 3.8) is 0 Å². The molecule has 0 saturated carbocycles. The molecule has 4 nitrogen and oxygen atoms in total. The molecule has 0 fully saturated rings. The van der Waals surface area contributed by atoms with Crippen molar-refractivity contribution in [1.82, 2.24) is 10.3 Å². The fourth-order valence-corrected chi connectivity index (χ4v) is 2.01. The van der Waals surface area contributed by atoms with E-state index in [-0.39, 0.29) is 5.91 Å². The molecule has 0 spiro atoms. The Kier molecular flexibility index (Phi) is 3.67. The van der Waals surface area contributed by atoms with Gasteiger partial charge in [0.05, 0.1) is 5.56 Å². The molecule has 0 aliphatic carbocycles. The quantitative estimate of drug-likeness (QED) is 0.768. The van der Waals surface area contributed by atoms with E-state index in [4.69, 9.17) is 5.73 Å². The van der Waals surface area contributed by atoms with Gasteiger partial charge in [0.25, 0.3) is 5.91 Å². The molecule has 4 N–H and O–H groups in total. The normalized spacial score (nSPS) is 12.6. The summed E-state index contributed by atoms with van der Waals surface area (Å²) in [6.07, 6.45) is 0. The maximum absolute atomic E-state index is 12.2. The number of fused-ring (bicyclic) bond motifs is 1. The fraction of sp³-hybridized carbons (Fsp3) is 0.357. The lowest BCUT2D eigenvalue weighted by Crippen LogP contribution is -2.31. The molecule has 18 heavy (non-hydrogen) atoms. The number of rotatable bonds is 4. The summed E-state index contributed by atoms with van der Waals surface area (Å²) in [5.74, 6) is 0.254. The minimum Gasteiger partial charge on any atom is -0.358 e. The van der Waals surface area contributed by atoms with Crippen LogP contribution in [0.15, 0.2) is 24.3 Å². The van der Waals surface area contributed by atoms with Gasteiger partial charge in [-0.25, -0.2) is 0 Å². The fourth-order valence-electron chi connectivity index (χ4n) is 2.01. The molecule has 2 rings (SSSR count). The maximum atomic E-state index is 12.2. The number of hydrogen-bond donors (Lipinski definition) is 3. The Balaban J connectivity index is 2.25. The van der Waals surface area contributed by atoms with E-state index in [2.05, 4.69) is 10.3 Å². The van der Waals surface area contributed by atoms with E-state index in [0.717, 1.165) is 22.2 Å². The summed E-state index contributed by atoms with van der Waals surface area (Å²) < 4.78 is 0. The van der Waals surface area contributed by atoms with E-state index in [0.29, 0.717) is 19.0 Å². The van der Waals surface area contributed by atoms with E-state index >= 15 is 0 Å². The molecule has 0 aliphatic rings. The van der Waals surface area contributed by atoms with Gasteiger partial charge in [-0.2, -0.15) is 0 Å². The first-order valence-electron chi connectivity index (χ1n) is 6.19. The Morgan fingerprint density at radius 1 is 1.44 bits per heavy atom. The predicted octanol–water partition coefficient (Wildman–Crippen LogP) is 1.80. The zero-order valence-electron chi connectivity index (χ0n) is 10.8. The van der Waals surface area contributed by atoms with Crippen molar-refractivity contribution in [2.45, 2.75) is 13.8 Å². The number of H-pyrrole nitrogens is 1. The molecular formula is C14H19N3O. The molecule has 1 heterocycles. The van der Waals surface area contributed by atoms with Crippen molar-refractivity contribution in [2.75, 3.05) is 13.1 Å². The number of carbonyl (C=O) groups excluding carboxylic acids is 1. The maximum Gasteiger partial charge on any atom is 0.253 e. The monoisotopic (exact) mass is 245 g/mol. The van der Waals surface area contributed by atoms with Gasteiger partial charge in [-0.3, -0.25) is 4.79 Å². The lowest BCUT2D eigenvalue weighted by atomic mass is 10.1. The lowest BCUT2D eigenvalue weighted by Gasteiger charge is -2.10. The second-order valence-electron chi connectivity index (χ2n) is 4.72. The van der Waals surface area contributed by atoms with Gasteiger partial charge in [-0.15, -0.1) is 0 Å². The van der Waals surface area contributed by atoms with Crippen molar-refractivity contribution < 1.29 is 4.79 Å². The number of aromatic nitrogens is 1. The molecule has 4 heteroatoms. The first kappa shape index (κ1) is 12.6. The average molecular weight is 245 g/mol. The van der Waals surface area contributed by atoms with Crippen LogP contribution in [0.5, 0.6) is 0 Å². The van der Waals surface area contributed by atoms with Gasteiger partial charge in [-0.1, -0.05) is 25.1 Å². The number of para-hydroxylation sites is 1. The number of nitrogens with two attached hydrogens (primary N) is 1. The predicted molar refractivity (Wildman–Crippen MR) is 73.6 cm³/mol. The zero-order valence-corrected chi connectivity index (χ0v) is 10.8. The SMILES string of the molecule is Cc1[nH]c2ccccc2c1C(=O)NCC(C)CN. The summed E-state index contributed by atoms with van der Waals surface area (Å²) in [4.78, 5) is 15.4. The molecule has 1 unspecified atom stereocenters. The van der Waals surface area contributed by atoms with Gasteiger partial charge >= 0.3 is 0 Å². The molecule has 0 saturated heterocycles. The van der Waals surface area contributed by atoms with Crippen LogP contribution in [-0.4, -0.2) is 24.0 Å². The zero-order chi connectivity index (χ0) is 13.1. The lowest BCUT2D eigenvalue weighted by molar-refractivity contribution is 0.0949. The summed E-state index contributed by atoms with van der Waals surface area (Å²) in [7, 11) is 0. The smallest absolute Gasteiger partial charge is 0.253 e. The first-order chi connectivity index (χ1) is 8.63. The molecule has 1 atom stereocenters. The van der Waals surface area contributed by atoms with E-state index in [1.165, 1.54) is 0 Å². The van der Waals surface area contributed by atoms with Crippen LogP contribution in [0.2, 0.25) is 0 Å². The summed E-state index contributed by atoms with van der Waals surface area (Å²) in [5.41, 5.74) is 8.16. The highest BCUT2D eigenvalue weighted by Crippen LogP contribution is 2.21. The third-order valence-electron chi connectivity index (χ3n) is 3.13. The van der Waals surface area contributed by atoms with Gasteiger partial charge in [0.15, 0.2) is 0 Å². The van der Waals surface area contributed by atoms with Crippen LogP contribution in [0.25, 0.3) is 10.9 Å². The number of hydrogen-bond acceptors (Lipinski definition) is 2. The van der Waals surface area contributed by atoms with E-state index in [1.54, 1.807) is 0 Å². The highest BCUT2D eigenvalue weighted by atomic mass is 16.1. The standard InChI is InChI=1S/C14H19N3O/c1-9(7-15)8-16-14(18)13-10(2)17-12-6-4-3-5-11(12)13/h3-6,9,17H,7-8,15H2,1-2H3,(H,16,18). The highest BCUT2D eigenvalue weighted by Gasteiger charge is 2.15. The van der Waals surface area contributed by atoms with Gasteiger partial charge in [0.2, 0.25) is 0 Å². The van der Waals surface area contributed by atoms with Crippen molar-refractivity contribution >= 4 is 16.8 Å². The number of carbonyl (C=O) groups is 1. The Morgan fingerprint density at radius 3 is 2.89 bits per heavy atom. The van der Waals surface area contributed by atoms with Gasteiger partial charge in [-0.05, 0) is 25.5 Å². The molecule has 0 aliphatic heterocycles. The van der Waals surface area contributed by atoms with Crippen molar-refractivity contribution in [3.05, 3.63) is 35.5 Å². The molecule has 2 aromatic rings. The van der Waals surface area contributed by atoms with Crippen LogP contribution in [0.3, 0.4) is 0 Å². The summed E-state index contributed by atoms with van der Waals surface area (Å²) in [6.45, 7) is 5.12. The van der Waals surface area contributed by atoms with Crippen LogP contribution >= 0.6 is 0 Å². The minimum absolute atomic E-state index is 0.0368. The summed E-state index contributed by atoms with van der Waals surface area (Å²) in [6, 6.07) is 7.83. The number of aromatic amines is 1. The minimum atomic E-state index is -0.0368. The second kappa shape index (κ2) is 5.23. The van der Waals surface area contributed by atoms with Crippen LogP contribution in [0.1, 0.15) is 23.0 Å². The van der Waals surface area contributed by atoms with Gasteiger partial charge in [0, 0.05) is 23.1 Å². The summed E-state index contributed by atoms with van der Waals surface area (Å²) >= 11 is 0. The third-order valence-corrected chi connectivity index (χ3v) is 3.13. The number of nitrogens with one attached hydrogen (secondary N) is 2. The molecule has 0 bridgehead atoms. The van der Waals surface area contributed by atoms with E-state index < -0.39 is 0 Å². The third kappa shape index (κ3) is 2.38.